The second-order valence-corrected chi connectivity index (χ2v) is 7.50. The van der Waals surface area contributed by atoms with Crippen molar-refractivity contribution in [2.45, 2.75) is 32.7 Å². The number of carbonyl (C=O) groups excluding carboxylic acids is 1. The number of hydrogen-bond donors (Lipinski definition) is 0. The summed E-state index contributed by atoms with van der Waals surface area (Å²) in [6.07, 6.45) is 6.21. The third-order valence-electron chi connectivity index (χ3n) is 5.42. The van der Waals surface area contributed by atoms with Gasteiger partial charge in [-0.3, -0.25) is 9.69 Å². The molecule has 1 fully saturated rings. The standard InChI is InChI=1S/C23H28N4O2/c1-2-8-22-21(17-24-27(22)19-9-4-3-5-10-19)23(28)26-13-7-12-25(14-15-26)18-20-11-6-16-29-20/h3-6,9-11,16-17H,2,7-8,12-15,18H2,1H3. The van der Waals surface area contributed by atoms with Gasteiger partial charge in [-0.1, -0.05) is 31.5 Å². The highest BCUT2D eigenvalue weighted by atomic mass is 16.3. The fourth-order valence-corrected chi connectivity index (χ4v) is 3.95. The molecule has 1 aromatic carbocycles. The van der Waals surface area contributed by atoms with Crippen LogP contribution in [0.25, 0.3) is 5.69 Å². The van der Waals surface area contributed by atoms with Crippen molar-refractivity contribution < 1.29 is 9.21 Å². The lowest BCUT2D eigenvalue weighted by Gasteiger charge is -2.21. The Morgan fingerprint density at radius 1 is 1.07 bits per heavy atom. The summed E-state index contributed by atoms with van der Waals surface area (Å²) in [7, 11) is 0. The van der Waals surface area contributed by atoms with Crippen LogP contribution in [0.15, 0.2) is 59.3 Å². The monoisotopic (exact) mass is 392 g/mol. The average Bonchev–Trinajstić information content (AvgIpc) is 3.34. The molecule has 0 unspecified atom stereocenters. The molecule has 0 bridgehead atoms. The van der Waals surface area contributed by atoms with E-state index in [0.29, 0.717) is 0 Å². The van der Waals surface area contributed by atoms with E-state index in [1.165, 1.54) is 0 Å². The van der Waals surface area contributed by atoms with Gasteiger partial charge in [-0.2, -0.15) is 5.10 Å². The molecule has 3 heterocycles. The van der Waals surface area contributed by atoms with E-state index >= 15 is 0 Å². The number of hydrogen-bond acceptors (Lipinski definition) is 4. The highest BCUT2D eigenvalue weighted by Crippen LogP contribution is 2.20. The molecule has 6 nitrogen and oxygen atoms in total. The van der Waals surface area contributed by atoms with Gasteiger partial charge in [-0.25, -0.2) is 4.68 Å². The molecule has 1 saturated heterocycles. The van der Waals surface area contributed by atoms with Crippen molar-refractivity contribution >= 4 is 5.91 Å². The zero-order chi connectivity index (χ0) is 20.1. The van der Waals surface area contributed by atoms with E-state index in [0.717, 1.165) is 74.7 Å². The maximum absolute atomic E-state index is 13.4. The minimum Gasteiger partial charge on any atom is -0.468 e. The van der Waals surface area contributed by atoms with Crippen molar-refractivity contribution in [2.75, 3.05) is 26.2 Å². The number of carbonyl (C=O) groups is 1. The molecule has 29 heavy (non-hydrogen) atoms. The minimum atomic E-state index is 0.0930. The summed E-state index contributed by atoms with van der Waals surface area (Å²) in [6, 6.07) is 14.0. The van der Waals surface area contributed by atoms with Gasteiger partial charge < -0.3 is 9.32 Å². The first-order valence-electron chi connectivity index (χ1n) is 10.4. The van der Waals surface area contributed by atoms with Crippen LogP contribution in [0.3, 0.4) is 0 Å². The molecular weight excluding hydrogens is 364 g/mol. The zero-order valence-electron chi connectivity index (χ0n) is 17.0. The van der Waals surface area contributed by atoms with Crippen LogP contribution < -0.4 is 0 Å². The van der Waals surface area contributed by atoms with Crippen molar-refractivity contribution in [1.29, 1.82) is 0 Å². The van der Waals surface area contributed by atoms with Gasteiger partial charge in [0.05, 0.1) is 35.9 Å². The van der Waals surface area contributed by atoms with Crippen molar-refractivity contribution in [1.82, 2.24) is 19.6 Å². The molecule has 0 N–H and O–H groups in total. The number of nitrogens with zero attached hydrogens (tertiary/aromatic N) is 4. The SMILES string of the molecule is CCCc1c(C(=O)N2CCCN(Cc3ccco3)CC2)cnn1-c1ccccc1. The lowest BCUT2D eigenvalue weighted by molar-refractivity contribution is 0.0759. The van der Waals surface area contributed by atoms with Gasteiger partial charge in [0, 0.05) is 26.2 Å². The second-order valence-electron chi connectivity index (χ2n) is 7.50. The van der Waals surface area contributed by atoms with Crippen molar-refractivity contribution in [2.24, 2.45) is 0 Å². The van der Waals surface area contributed by atoms with E-state index in [4.69, 9.17) is 4.42 Å². The Balaban J connectivity index is 1.49. The largest absolute Gasteiger partial charge is 0.468 e. The van der Waals surface area contributed by atoms with Gasteiger partial charge in [-0.05, 0) is 37.1 Å². The Morgan fingerprint density at radius 3 is 2.69 bits per heavy atom. The van der Waals surface area contributed by atoms with Gasteiger partial charge in [0.15, 0.2) is 0 Å². The van der Waals surface area contributed by atoms with Crippen LogP contribution in [0.5, 0.6) is 0 Å². The Hall–Kier alpha value is -2.86. The Labute approximate surface area is 171 Å². The van der Waals surface area contributed by atoms with Gasteiger partial charge in [0.25, 0.3) is 5.91 Å². The van der Waals surface area contributed by atoms with Crippen molar-refractivity contribution in [3.63, 3.8) is 0 Å². The van der Waals surface area contributed by atoms with Gasteiger partial charge >= 0.3 is 0 Å². The highest BCUT2D eigenvalue weighted by Gasteiger charge is 2.25. The molecule has 1 amide bonds. The molecule has 4 rings (SSSR count). The fourth-order valence-electron chi connectivity index (χ4n) is 3.95. The maximum atomic E-state index is 13.4. The van der Waals surface area contributed by atoms with Gasteiger partial charge in [0.2, 0.25) is 0 Å². The summed E-state index contributed by atoms with van der Waals surface area (Å²) >= 11 is 0. The number of aromatic nitrogens is 2. The molecular formula is C23H28N4O2. The molecule has 152 valence electrons. The van der Waals surface area contributed by atoms with Gasteiger partial charge in [-0.15, -0.1) is 0 Å². The topological polar surface area (TPSA) is 54.5 Å². The highest BCUT2D eigenvalue weighted by molar-refractivity contribution is 5.95. The predicted molar refractivity (Wildman–Crippen MR) is 112 cm³/mol. The third kappa shape index (κ3) is 4.43. The first kappa shape index (κ1) is 19.5. The molecule has 0 aliphatic carbocycles. The first-order valence-corrected chi connectivity index (χ1v) is 10.4. The van der Waals surface area contributed by atoms with Crippen LogP contribution in [0.2, 0.25) is 0 Å². The summed E-state index contributed by atoms with van der Waals surface area (Å²) < 4.78 is 7.39. The Bertz CT molecular complexity index is 918. The van der Waals surface area contributed by atoms with Crippen LogP contribution in [-0.2, 0) is 13.0 Å². The number of rotatable bonds is 6. The zero-order valence-corrected chi connectivity index (χ0v) is 17.0. The Kier molecular flexibility index (Phi) is 6.10. The van der Waals surface area contributed by atoms with Crippen LogP contribution in [0, 0.1) is 0 Å². The summed E-state index contributed by atoms with van der Waals surface area (Å²) in [4.78, 5) is 17.7. The smallest absolute Gasteiger partial charge is 0.257 e. The normalized spacial score (nSPS) is 15.4. The number of amides is 1. The van der Waals surface area contributed by atoms with Crippen molar-refractivity contribution in [3.8, 4) is 5.69 Å². The predicted octanol–water partition coefficient (Wildman–Crippen LogP) is 3.77. The molecule has 0 radical (unpaired) electrons. The molecule has 0 spiro atoms. The summed E-state index contributed by atoms with van der Waals surface area (Å²) in [5.74, 6) is 1.06. The maximum Gasteiger partial charge on any atom is 0.257 e. The summed E-state index contributed by atoms with van der Waals surface area (Å²) in [5.41, 5.74) is 2.73. The van der Waals surface area contributed by atoms with E-state index < -0.39 is 0 Å². The van der Waals surface area contributed by atoms with E-state index in [1.807, 2.05) is 52.0 Å². The van der Waals surface area contributed by atoms with Crippen LogP contribution in [0.1, 0.15) is 41.6 Å². The van der Waals surface area contributed by atoms with E-state index in [-0.39, 0.29) is 5.91 Å². The van der Waals surface area contributed by atoms with Crippen LogP contribution in [0.4, 0.5) is 0 Å². The average molecular weight is 393 g/mol. The quantitative estimate of drug-likeness (QED) is 0.641. The molecule has 0 atom stereocenters. The third-order valence-corrected chi connectivity index (χ3v) is 5.42. The van der Waals surface area contributed by atoms with E-state index in [9.17, 15) is 4.79 Å². The van der Waals surface area contributed by atoms with Crippen LogP contribution in [-0.4, -0.2) is 51.7 Å². The van der Waals surface area contributed by atoms with Crippen LogP contribution >= 0.6 is 0 Å². The second kappa shape index (κ2) is 9.09. The summed E-state index contributed by atoms with van der Waals surface area (Å²) in [5, 5.41) is 4.56. The molecule has 6 heteroatoms. The number of furan rings is 1. The lowest BCUT2D eigenvalue weighted by Crippen LogP contribution is -2.35. The van der Waals surface area contributed by atoms with E-state index in [2.05, 4.69) is 16.9 Å². The summed E-state index contributed by atoms with van der Waals surface area (Å²) in [6.45, 7) is 6.24. The number of benzene rings is 1. The molecule has 0 saturated carbocycles. The molecule has 1 aliphatic rings. The molecule has 1 aliphatic heterocycles. The van der Waals surface area contributed by atoms with Crippen molar-refractivity contribution in [3.05, 3.63) is 71.9 Å². The minimum absolute atomic E-state index is 0.0930. The Morgan fingerprint density at radius 2 is 1.93 bits per heavy atom. The first-order chi connectivity index (χ1) is 14.3. The lowest BCUT2D eigenvalue weighted by atomic mass is 10.1. The fraction of sp³-hybridized carbons (Fsp3) is 0.391. The van der Waals surface area contributed by atoms with Gasteiger partial charge in [0.1, 0.15) is 5.76 Å². The number of para-hydroxylation sites is 1. The van der Waals surface area contributed by atoms with E-state index in [1.54, 1.807) is 12.5 Å². The molecule has 3 aromatic rings. The molecule has 2 aromatic heterocycles.